The van der Waals surface area contributed by atoms with E-state index in [4.69, 9.17) is 5.26 Å². The van der Waals surface area contributed by atoms with Gasteiger partial charge in [-0.1, -0.05) is 42.5 Å². The first kappa shape index (κ1) is 15.8. The van der Waals surface area contributed by atoms with Gasteiger partial charge in [-0.05, 0) is 40.6 Å². The lowest BCUT2D eigenvalue weighted by Crippen LogP contribution is -2.23. The lowest BCUT2D eigenvalue weighted by atomic mass is 10.0. The van der Waals surface area contributed by atoms with Crippen LogP contribution in [0, 0.1) is 11.3 Å². The predicted octanol–water partition coefficient (Wildman–Crippen LogP) is 4.19. The van der Waals surface area contributed by atoms with Crippen LogP contribution in [0.1, 0.15) is 21.5 Å². The third-order valence-corrected chi connectivity index (χ3v) is 4.37. The summed E-state index contributed by atoms with van der Waals surface area (Å²) in [4.78, 5) is 17.2. The van der Waals surface area contributed by atoms with E-state index in [2.05, 4.69) is 16.4 Å². The Hall–Kier alpha value is -3.71. The number of carbonyl (C=O) groups excluding carboxylic acids is 1. The molecule has 4 rings (SSSR count). The number of pyridine rings is 1. The van der Waals surface area contributed by atoms with Gasteiger partial charge in [-0.3, -0.25) is 9.78 Å². The van der Waals surface area contributed by atoms with Crippen molar-refractivity contribution in [2.75, 3.05) is 0 Å². The van der Waals surface area contributed by atoms with Crippen LogP contribution in [-0.4, -0.2) is 10.9 Å². The average molecular weight is 337 g/mol. The Morgan fingerprint density at radius 2 is 1.85 bits per heavy atom. The molecule has 3 aromatic carbocycles. The molecule has 1 amide bonds. The molecule has 4 heteroatoms. The Balaban J connectivity index is 1.71. The van der Waals surface area contributed by atoms with Gasteiger partial charge in [0.05, 0.1) is 22.7 Å². The number of carbonyl (C=O) groups is 1. The van der Waals surface area contributed by atoms with Gasteiger partial charge in [-0.15, -0.1) is 0 Å². The number of nitriles is 1. The van der Waals surface area contributed by atoms with Crippen molar-refractivity contribution in [2.45, 2.75) is 6.54 Å². The minimum atomic E-state index is -0.179. The Labute approximate surface area is 150 Å². The first-order valence-electron chi connectivity index (χ1n) is 8.30. The summed E-state index contributed by atoms with van der Waals surface area (Å²) in [5, 5.41) is 15.0. The topological polar surface area (TPSA) is 65.8 Å². The van der Waals surface area contributed by atoms with Crippen LogP contribution >= 0.6 is 0 Å². The molecular formula is C22H15N3O. The van der Waals surface area contributed by atoms with Crippen LogP contribution in [0.2, 0.25) is 0 Å². The van der Waals surface area contributed by atoms with Gasteiger partial charge >= 0.3 is 0 Å². The van der Waals surface area contributed by atoms with E-state index >= 15 is 0 Å². The largest absolute Gasteiger partial charge is 0.348 e. The van der Waals surface area contributed by atoms with Crippen LogP contribution in [0.15, 0.2) is 72.9 Å². The van der Waals surface area contributed by atoms with Crippen LogP contribution in [0.5, 0.6) is 0 Å². The first-order chi connectivity index (χ1) is 12.8. The summed E-state index contributed by atoms with van der Waals surface area (Å²) < 4.78 is 0. The number of fused-ring (bicyclic) bond motifs is 3. The van der Waals surface area contributed by atoms with Crippen LogP contribution in [0.25, 0.3) is 21.7 Å². The van der Waals surface area contributed by atoms with Gasteiger partial charge in [0.2, 0.25) is 0 Å². The minimum absolute atomic E-state index is 0.179. The molecule has 0 saturated carbocycles. The fourth-order valence-corrected chi connectivity index (χ4v) is 3.13. The second kappa shape index (κ2) is 6.66. The highest BCUT2D eigenvalue weighted by molar-refractivity contribution is 6.15. The Morgan fingerprint density at radius 3 is 2.73 bits per heavy atom. The third-order valence-electron chi connectivity index (χ3n) is 4.37. The SMILES string of the molecule is N#Cc1cccc(CNC(=O)c2cc3ccccc3c3cccnc23)c1. The molecule has 0 atom stereocenters. The molecule has 1 N–H and O–H groups in total. The van der Waals surface area contributed by atoms with Gasteiger partial charge < -0.3 is 5.32 Å². The van der Waals surface area contributed by atoms with E-state index in [1.54, 1.807) is 18.3 Å². The molecule has 0 unspecified atom stereocenters. The molecule has 1 aromatic heterocycles. The summed E-state index contributed by atoms with van der Waals surface area (Å²) >= 11 is 0. The van der Waals surface area contributed by atoms with Crippen LogP contribution < -0.4 is 5.32 Å². The number of rotatable bonds is 3. The van der Waals surface area contributed by atoms with Gasteiger partial charge in [-0.25, -0.2) is 0 Å². The van der Waals surface area contributed by atoms with Crippen LogP contribution in [0.4, 0.5) is 0 Å². The second-order valence-electron chi connectivity index (χ2n) is 6.04. The fourth-order valence-electron chi connectivity index (χ4n) is 3.13. The molecule has 0 bridgehead atoms. The monoisotopic (exact) mass is 337 g/mol. The molecule has 0 aliphatic heterocycles. The van der Waals surface area contributed by atoms with E-state index < -0.39 is 0 Å². The van der Waals surface area contributed by atoms with Crippen molar-refractivity contribution >= 4 is 27.6 Å². The average Bonchev–Trinajstić information content (AvgIpc) is 2.71. The highest BCUT2D eigenvalue weighted by Crippen LogP contribution is 2.27. The van der Waals surface area contributed by atoms with Crippen molar-refractivity contribution in [2.24, 2.45) is 0 Å². The maximum absolute atomic E-state index is 12.8. The number of nitrogens with one attached hydrogen (secondary N) is 1. The molecule has 26 heavy (non-hydrogen) atoms. The zero-order chi connectivity index (χ0) is 17.9. The van der Waals surface area contributed by atoms with Gasteiger partial charge in [-0.2, -0.15) is 5.26 Å². The van der Waals surface area contributed by atoms with Crippen molar-refractivity contribution in [1.29, 1.82) is 5.26 Å². The maximum atomic E-state index is 12.8. The number of nitrogens with zero attached hydrogens (tertiary/aromatic N) is 2. The number of amides is 1. The summed E-state index contributed by atoms with van der Waals surface area (Å²) in [5.41, 5.74) is 2.70. The lowest BCUT2D eigenvalue weighted by Gasteiger charge is -2.10. The third kappa shape index (κ3) is 2.87. The Bertz CT molecular complexity index is 1170. The highest BCUT2D eigenvalue weighted by Gasteiger charge is 2.13. The molecule has 0 saturated heterocycles. The molecule has 4 nitrogen and oxygen atoms in total. The maximum Gasteiger partial charge on any atom is 0.253 e. The predicted molar refractivity (Wildman–Crippen MR) is 102 cm³/mol. The quantitative estimate of drug-likeness (QED) is 0.570. The Kier molecular flexibility index (Phi) is 4.04. The number of benzene rings is 3. The first-order valence-corrected chi connectivity index (χ1v) is 8.30. The zero-order valence-electron chi connectivity index (χ0n) is 13.9. The van der Waals surface area contributed by atoms with E-state index in [9.17, 15) is 4.79 Å². The Morgan fingerprint density at radius 1 is 1.00 bits per heavy atom. The molecule has 0 aliphatic carbocycles. The number of hydrogen-bond acceptors (Lipinski definition) is 3. The number of hydrogen-bond donors (Lipinski definition) is 1. The summed E-state index contributed by atoms with van der Waals surface area (Å²) in [6.07, 6.45) is 1.70. The van der Waals surface area contributed by atoms with E-state index in [-0.39, 0.29) is 5.91 Å². The van der Waals surface area contributed by atoms with Crippen molar-refractivity contribution in [3.05, 3.63) is 89.6 Å². The summed E-state index contributed by atoms with van der Waals surface area (Å²) in [7, 11) is 0. The highest BCUT2D eigenvalue weighted by atomic mass is 16.1. The molecule has 124 valence electrons. The lowest BCUT2D eigenvalue weighted by molar-refractivity contribution is 0.0952. The standard InChI is InChI=1S/C22H15N3O/c23-13-15-5-3-6-16(11-15)14-25-22(26)20-12-17-7-1-2-8-18(17)19-9-4-10-24-21(19)20/h1-12H,14H2,(H,25,26). The summed E-state index contributed by atoms with van der Waals surface area (Å²) in [6.45, 7) is 0.357. The van der Waals surface area contributed by atoms with Crippen molar-refractivity contribution in [1.82, 2.24) is 10.3 Å². The van der Waals surface area contributed by atoms with E-state index in [0.717, 1.165) is 21.7 Å². The molecule has 1 heterocycles. The smallest absolute Gasteiger partial charge is 0.253 e. The normalized spacial score (nSPS) is 10.6. The van der Waals surface area contributed by atoms with E-state index in [1.165, 1.54) is 0 Å². The van der Waals surface area contributed by atoms with Crippen LogP contribution in [0.3, 0.4) is 0 Å². The molecule has 0 radical (unpaired) electrons. The van der Waals surface area contributed by atoms with E-state index in [1.807, 2.05) is 54.6 Å². The molecule has 0 spiro atoms. The summed E-state index contributed by atoms with van der Waals surface area (Å²) in [5.74, 6) is -0.179. The van der Waals surface area contributed by atoms with Crippen molar-refractivity contribution < 1.29 is 4.79 Å². The van der Waals surface area contributed by atoms with Gasteiger partial charge in [0, 0.05) is 18.1 Å². The molecule has 4 aromatic rings. The van der Waals surface area contributed by atoms with Crippen molar-refractivity contribution in [3.63, 3.8) is 0 Å². The molecule has 0 fully saturated rings. The molecular weight excluding hydrogens is 322 g/mol. The zero-order valence-corrected chi connectivity index (χ0v) is 13.9. The second-order valence-corrected chi connectivity index (χ2v) is 6.04. The fraction of sp³-hybridized carbons (Fsp3) is 0.0455. The van der Waals surface area contributed by atoms with Gasteiger partial charge in [0.15, 0.2) is 0 Å². The van der Waals surface area contributed by atoms with Gasteiger partial charge in [0.25, 0.3) is 5.91 Å². The van der Waals surface area contributed by atoms with Gasteiger partial charge in [0.1, 0.15) is 0 Å². The minimum Gasteiger partial charge on any atom is -0.348 e. The van der Waals surface area contributed by atoms with E-state index in [0.29, 0.717) is 23.2 Å². The van der Waals surface area contributed by atoms with Crippen molar-refractivity contribution in [3.8, 4) is 6.07 Å². The number of aromatic nitrogens is 1. The summed E-state index contributed by atoms with van der Waals surface area (Å²) in [6, 6.07) is 23.0. The van der Waals surface area contributed by atoms with Crippen LogP contribution in [-0.2, 0) is 6.54 Å². The molecule has 0 aliphatic rings.